The Hall–Kier alpha value is -3.01. The van der Waals surface area contributed by atoms with Crippen molar-refractivity contribution in [2.45, 2.75) is 12.8 Å². The van der Waals surface area contributed by atoms with E-state index in [-0.39, 0.29) is 5.91 Å². The molecule has 2 aromatic heterocycles. The van der Waals surface area contributed by atoms with Gasteiger partial charge in [-0.15, -0.1) is 0 Å². The van der Waals surface area contributed by atoms with Crippen LogP contribution in [0, 0.1) is 6.92 Å². The number of likely N-dealkylation sites (tertiary alicyclic amines) is 1. The fourth-order valence-electron chi connectivity index (χ4n) is 3.33. The largest absolute Gasteiger partial charge is 0.337 e. The van der Waals surface area contributed by atoms with Crippen LogP contribution in [0.5, 0.6) is 0 Å². The fraction of sp³-hybridized carbons (Fsp3) is 0.190. The van der Waals surface area contributed by atoms with Gasteiger partial charge >= 0.3 is 0 Å². The number of nitrogens with zero attached hydrogens (tertiary/aromatic N) is 3. The van der Waals surface area contributed by atoms with Crippen LogP contribution in [0.4, 0.5) is 0 Å². The Balaban J connectivity index is 1.60. The van der Waals surface area contributed by atoms with Crippen LogP contribution in [0.25, 0.3) is 11.1 Å². The van der Waals surface area contributed by atoms with E-state index in [0.717, 1.165) is 29.9 Å². The van der Waals surface area contributed by atoms with E-state index < -0.39 is 0 Å². The fourth-order valence-corrected chi connectivity index (χ4v) is 3.33. The minimum absolute atomic E-state index is 0.0598. The molecule has 4 nitrogen and oxygen atoms in total. The summed E-state index contributed by atoms with van der Waals surface area (Å²) in [7, 11) is 0. The first-order valence-corrected chi connectivity index (χ1v) is 8.44. The Morgan fingerprint density at radius 2 is 1.84 bits per heavy atom. The number of carbonyl (C=O) groups excluding carboxylic acids is 1. The lowest BCUT2D eigenvalue weighted by molar-refractivity contribution is 0.0601. The lowest BCUT2D eigenvalue weighted by atomic mass is 9.90. The molecule has 124 valence electrons. The van der Waals surface area contributed by atoms with E-state index in [1.165, 1.54) is 5.56 Å². The second kappa shape index (κ2) is 6.48. The summed E-state index contributed by atoms with van der Waals surface area (Å²) in [6, 6.07) is 16.0. The molecule has 1 aromatic carbocycles. The molecular formula is C21H19N3O. The van der Waals surface area contributed by atoms with E-state index in [2.05, 4.69) is 16.0 Å². The van der Waals surface area contributed by atoms with Gasteiger partial charge in [0, 0.05) is 37.6 Å². The normalized spacial score (nSPS) is 14.2. The van der Waals surface area contributed by atoms with Gasteiger partial charge in [-0.3, -0.25) is 14.8 Å². The Bertz CT molecular complexity index is 888. The first kappa shape index (κ1) is 15.5. The second-order valence-electron chi connectivity index (χ2n) is 6.38. The summed E-state index contributed by atoms with van der Waals surface area (Å²) in [4.78, 5) is 23.5. The average molecular weight is 329 g/mol. The van der Waals surface area contributed by atoms with Crippen LogP contribution in [-0.4, -0.2) is 33.9 Å². The van der Waals surface area contributed by atoms with Gasteiger partial charge in [0.1, 0.15) is 0 Å². The lowest BCUT2D eigenvalue weighted by Crippen LogP contribution is -2.48. The number of aryl methyl sites for hydroxylation is 1. The van der Waals surface area contributed by atoms with Gasteiger partial charge in [0.05, 0.1) is 11.3 Å². The van der Waals surface area contributed by atoms with Crippen molar-refractivity contribution in [1.29, 1.82) is 0 Å². The summed E-state index contributed by atoms with van der Waals surface area (Å²) in [5.41, 5.74) is 4.66. The molecule has 0 bridgehead atoms. The Morgan fingerprint density at radius 3 is 2.56 bits per heavy atom. The van der Waals surface area contributed by atoms with E-state index in [9.17, 15) is 4.79 Å². The predicted molar refractivity (Wildman–Crippen MR) is 97.3 cm³/mol. The predicted octanol–water partition coefficient (Wildman–Crippen LogP) is 3.69. The maximum atomic E-state index is 13.1. The number of aromatic nitrogens is 2. The zero-order valence-electron chi connectivity index (χ0n) is 14.1. The van der Waals surface area contributed by atoms with E-state index in [1.54, 1.807) is 12.4 Å². The molecular weight excluding hydrogens is 310 g/mol. The molecule has 25 heavy (non-hydrogen) atoms. The molecule has 0 aliphatic carbocycles. The molecule has 4 rings (SSSR count). The summed E-state index contributed by atoms with van der Waals surface area (Å²) in [6.07, 6.45) is 5.43. The summed E-state index contributed by atoms with van der Waals surface area (Å²) in [5.74, 6) is 0.430. The summed E-state index contributed by atoms with van der Waals surface area (Å²) in [5, 5.41) is 0. The Labute approximate surface area is 147 Å². The van der Waals surface area contributed by atoms with Gasteiger partial charge in [0.25, 0.3) is 5.91 Å². The summed E-state index contributed by atoms with van der Waals surface area (Å²) < 4.78 is 0. The van der Waals surface area contributed by atoms with Crippen molar-refractivity contribution in [3.8, 4) is 11.1 Å². The molecule has 1 aliphatic rings. The molecule has 0 N–H and O–H groups in total. The van der Waals surface area contributed by atoms with Crippen LogP contribution in [0.15, 0.2) is 67.1 Å². The first-order valence-electron chi connectivity index (χ1n) is 8.44. The van der Waals surface area contributed by atoms with Crippen molar-refractivity contribution in [2.24, 2.45) is 0 Å². The number of amides is 1. The highest BCUT2D eigenvalue weighted by Gasteiger charge is 2.34. The Kier molecular flexibility index (Phi) is 4.02. The number of rotatable bonds is 3. The van der Waals surface area contributed by atoms with Crippen LogP contribution >= 0.6 is 0 Å². The molecule has 1 fully saturated rings. The van der Waals surface area contributed by atoms with Gasteiger partial charge in [-0.2, -0.15) is 0 Å². The third-order valence-corrected chi connectivity index (χ3v) is 4.76. The zero-order chi connectivity index (χ0) is 17.2. The smallest absolute Gasteiger partial charge is 0.256 e. The number of hydrogen-bond acceptors (Lipinski definition) is 3. The lowest BCUT2D eigenvalue weighted by Gasteiger charge is -2.40. The molecule has 4 heteroatoms. The van der Waals surface area contributed by atoms with Crippen LogP contribution < -0.4 is 0 Å². The van der Waals surface area contributed by atoms with Crippen LogP contribution in [0.2, 0.25) is 0 Å². The summed E-state index contributed by atoms with van der Waals surface area (Å²) in [6.45, 7) is 3.36. The van der Waals surface area contributed by atoms with E-state index in [4.69, 9.17) is 0 Å². The van der Waals surface area contributed by atoms with Crippen LogP contribution in [0.1, 0.15) is 27.5 Å². The minimum Gasteiger partial charge on any atom is -0.337 e. The maximum absolute atomic E-state index is 13.1. The quantitative estimate of drug-likeness (QED) is 0.736. The maximum Gasteiger partial charge on any atom is 0.256 e. The van der Waals surface area contributed by atoms with Gasteiger partial charge in [0.15, 0.2) is 0 Å². The molecule has 1 aliphatic heterocycles. The monoisotopic (exact) mass is 329 g/mol. The standard InChI is InChI=1S/C21H19N3O/c1-15-20(19(9-11-23-15)16-6-3-2-4-7-16)21(25)24-13-18(14-24)17-8-5-10-22-12-17/h2-12,18H,13-14H2,1H3. The Morgan fingerprint density at radius 1 is 1.04 bits per heavy atom. The highest BCUT2D eigenvalue weighted by atomic mass is 16.2. The zero-order valence-corrected chi connectivity index (χ0v) is 14.1. The molecule has 0 spiro atoms. The number of carbonyl (C=O) groups is 1. The number of benzene rings is 1. The first-order chi connectivity index (χ1) is 12.2. The molecule has 1 saturated heterocycles. The van der Waals surface area contributed by atoms with E-state index >= 15 is 0 Å². The molecule has 3 heterocycles. The molecule has 0 atom stereocenters. The number of hydrogen-bond donors (Lipinski definition) is 0. The topological polar surface area (TPSA) is 46.1 Å². The molecule has 0 radical (unpaired) electrons. The van der Waals surface area contributed by atoms with Crippen molar-refractivity contribution in [3.63, 3.8) is 0 Å². The van der Waals surface area contributed by atoms with Crippen molar-refractivity contribution < 1.29 is 4.79 Å². The molecule has 0 unspecified atom stereocenters. The van der Waals surface area contributed by atoms with Gasteiger partial charge < -0.3 is 4.90 Å². The average Bonchev–Trinajstić information content (AvgIpc) is 2.62. The van der Waals surface area contributed by atoms with Crippen LogP contribution in [-0.2, 0) is 0 Å². The van der Waals surface area contributed by atoms with Crippen molar-refractivity contribution in [1.82, 2.24) is 14.9 Å². The van der Waals surface area contributed by atoms with Gasteiger partial charge in [-0.1, -0.05) is 36.4 Å². The van der Waals surface area contributed by atoms with Crippen LogP contribution in [0.3, 0.4) is 0 Å². The number of pyridine rings is 2. The van der Waals surface area contributed by atoms with Crippen molar-refractivity contribution in [2.75, 3.05) is 13.1 Å². The summed E-state index contributed by atoms with van der Waals surface area (Å²) >= 11 is 0. The second-order valence-corrected chi connectivity index (χ2v) is 6.38. The van der Waals surface area contributed by atoms with Gasteiger partial charge in [-0.25, -0.2) is 0 Å². The van der Waals surface area contributed by atoms with E-state index in [0.29, 0.717) is 11.5 Å². The van der Waals surface area contributed by atoms with Gasteiger partial charge in [0.2, 0.25) is 0 Å². The third-order valence-electron chi connectivity index (χ3n) is 4.76. The SMILES string of the molecule is Cc1nccc(-c2ccccc2)c1C(=O)N1CC(c2cccnc2)C1. The molecule has 1 amide bonds. The van der Waals surface area contributed by atoms with Crippen molar-refractivity contribution >= 4 is 5.91 Å². The minimum atomic E-state index is 0.0598. The highest BCUT2D eigenvalue weighted by molar-refractivity contribution is 6.02. The molecule has 3 aromatic rings. The molecule has 0 saturated carbocycles. The highest BCUT2D eigenvalue weighted by Crippen LogP contribution is 2.31. The van der Waals surface area contributed by atoms with Crippen molar-refractivity contribution in [3.05, 3.63) is 83.9 Å². The van der Waals surface area contributed by atoms with E-state index in [1.807, 2.05) is 60.5 Å². The third kappa shape index (κ3) is 2.91. The van der Waals surface area contributed by atoms with Gasteiger partial charge in [-0.05, 0) is 35.7 Å².